The molecule has 8 heteroatoms. The number of likely N-dealkylation sites (N-methyl/N-ethyl adjacent to an activating group) is 1. The van der Waals surface area contributed by atoms with Crippen LogP contribution in [0.4, 0.5) is 17.3 Å². The third-order valence-electron chi connectivity index (χ3n) is 5.37. The SMILES string of the molecule is Cc1cc2ncnn2cc1Nc1ncc2c(n1)C1(CCC1)C(=O)N2C. The summed E-state index contributed by atoms with van der Waals surface area (Å²) in [5.74, 6) is 0.635. The molecule has 126 valence electrons. The Labute approximate surface area is 143 Å². The van der Waals surface area contributed by atoms with Crippen LogP contribution in [0.1, 0.15) is 30.5 Å². The summed E-state index contributed by atoms with van der Waals surface area (Å²) in [4.78, 5) is 27.6. The van der Waals surface area contributed by atoms with E-state index in [0.29, 0.717) is 5.95 Å². The Hall–Kier alpha value is -3.03. The van der Waals surface area contributed by atoms with E-state index in [1.807, 2.05) is 19.2 Å². The number of hydrogen-bond donors (Lipinski definition) is 1. The highest BCUT2D eigenvalue weighted by molar-refractivity contribution is 6.07. The first-order valence-electron chi connectivity index (χ1n) is 8.31. The zero-order valence-electron chi connectivity index (χ0n) is 14.0. The first kappa shape index (κ1) is 14.3. The molecule has 1 spiro atoms. The van der Waals surface area contributed by atoms with E-state index in [9.17, 15) is 4.79 Å². The minimum Gasteiger partial charge on any atom is -0.323 e. The molecule has 25 heavy (non-hydrogen) atoms. The number of carbonyl (C=O) groups is 1. The zero-order valence-corrected chi connectivity index (χ0v) is 14.0. The van der Waals surface area contributed by atoms with Gasteiger partial charge >= 0.3 is 0 Å². The number of fused-ring (bicyclic) bond motifs is 3. The average molecular weight is 335 g/mol. The molecule has 0 unspecified atom stereocenters. The number of hydrogen-bond acceptors (Lipinski definition) is 6. The molecule has 8 nitrogen and oxygen atoms in total. The van der Waals surface area contributed by atoms with Gasteiger partial charge in [-0.3, -0.25) is 4.79 Å². The second kappa shape index (κ2) is 4.75. The quantitative estimate of drug-likeness (QED) is 0.770. The minimum atomic E-state index is -0.436. The maximum Gasteiger partial charge on any atom is 0.239 e. The number of nitrogens with one attached hydrogen (secondary N) is 1. The molecule has 1 saturated carbocycles. The van der Waals surface area contributed by atoms with E-state index >= 15 is 0 Å². The summed E-state index contributed by atoms with van der Waals surface area (Å²) in [6.07, 6.45) is 7.91. The van der Waals surface area contributed by atoms with Crippen LogP contribution in [0.3, 0.4) is 0 Å². The molecule has 4 heterocycles. The molecular formula is C17H17N7O. The van der Waals surface area contributed by atoms with Gasteiger partial charge < -0.3 is 10.2 Å². The number of aryl methyl sites for hydroxylation is 1. The van der Waals surface area contributed by atoms with Crippen LogP contribution in [0.5, 0.6) is 0 Å². The number of pyridine rings is 1. The van der Waals surface area contributed by atoms with Crippen LogP contribution in [0, 0.1) is 6.92 Å². The zero-order chi connectivity index (χ0) is 17.2. The lowest BCUT2D eigenvalue weighted by molar-refractivity contribution is -0.125. The molecule has 5 rings (SSSR count). The van der Waals surface area contributed by atoms with Crippen molar-refractivity contribution in [2.45, 2.75) is 31.6 Å². The largest absolute Gasteiger partial charge is 0.323 e. The predicted molar refractivity (Wildman–Crippen MR) is 92.0 cm³/mol. The second-order valence-electron chi connectivity index (χ2n) is 6.79. The molecule has 2 aliphatic rings. The van der Waals surface area contributed by atoms with Crippen molar-refractivity contribution in [2.24, 2.45) is 0 Å². The van der Waals surface area contributed by atoms with E-state index in [1.165, 1.54) is 6.33 Å². The van der Waals surface area contributed by atoms with Crippen LogP contribution < -0.4 is 10.2 Å². The molecular weight excluding hydrogens is 318 g/mol. The lowest BCUT2D eigenvalue weighted by atomic mass is 9.67. The molecule has 1 aliphatic carbocycles. The van der Waals surface area contributed by atoms with E-state index < -0.39 is 5.41 Å². The summed E-state index contributed by atoms with van der Waals surface area (Å²) in [5.41, 5.74) is 3.91. The lowest BCUT2D eigenvalue weighted by Crippen LogP contribution is -2.44. The van der Waals surface area contributed by atoms with Gasteiger partial charge in [-0.25, -0.2) is 19.5 Å². The summed E-state index contributed by atoms with van der Waals surface area (Å²) >= 11 is 0. The molecule has 1 amide bonds. The van der Waals surface area contributed by atoms with E-state index in [-0.39, 0.29) is 5.91 Å². The molecule has 3 aromatic heterocycles. The number of aromatic nitrogens is 5. The third-order valence-corrected chi connectivity index (χ3v) is 5.37. The van der Waals surface area contributed by atoms with Gasteiger partial charge in [-0.1, -0.05) is 6.42 Å². The van der Waals surface area contributed by atoms with Gasteiger partial charge in [0, 0.05) is 7.05 Å². The van der Waals surface area contributed by atoms with E-state index in [4.69, 9.17) is 4.98 Å². The first-order chi connectivity index (χ1) is 12.1. The van der Waals surface area contributed by atoms with Crippen molar-refractivity contribution >= 4 is 28.9 Å². The van der Waals surface area contributed by atoms with Crippen LogP contribution in [0.15, 0.2) is 24.8 Å². The molecule has 1 aliphatic heterocycles. The molecule has 3 aromatic rings. The van der Waals surface area contributed by atoms with Crippen LogP contribution >= 0.6 is 0 Å². The smallest absolute Gasteiger partial charge is 0.239 e. The maximum atomic E-state index is 12.6. The van der Waals surface area contributed by atoms with E-state index in [0.717, 1.165) is 47.5 Å². The molecule has 1 N–H and O–H groups in total. The highest BCUT2D eigenvalue weighted by Crippen LogP contribution is 2.52. The fourth-order valence-corrected chi connectivity index (χ4v) is 3.75. The number of rotatable bonds is 2. The van der Waals surface area contributed by atoms with Crippen molar-refractivity contribution in [3.8, 4) is 0 Å². The van der Waals surface area contributed by atoms with Crippen molar-refractivity contribution in [1.29, 1.82) is 0 Å². The number of amides is 1. The Morgan fingerprint density at radius 1 is 1.28 bits per heavy atom. The standard InChI is InChI=1S/C17H17N7O/c1-10-6-13-19-9-20-24(13)8-11(10)21-16-18-7-12-14(22-16)17(4-3-5-17)15(25)23(12)2/h6-9H,3-5H2,1-2H3,(H,18,21,22). The minimum absolute atomic E-state index is 0.139. The molecule has 0 aromatic carbocycles. The fourth-order valence-electron chi connectivity index (χ4n) is 3.75. The van der Waals surface area contributed by atoms with Gasteiger partial charge in [0.05, 0.1) is 34.9 Å². The normalized spacial score (nSPS) is 17.8. The Balaban J connectivity index is 1.55. The number of carbonyl (C=O) groups excluding carboxylic acids is 1. The van der Waals surface area contributed by atoms with Crippen LogP contribution in [0.2, 0.25) is 0 Å². The lowest BCUT2D eigenvalue weighted by Gasteiger charge is -2.35. The van der Waals surface area contributed by atoms with Crippen molar-refractivity contribution in [1.82, 2.24) is 24.6 Å². The first-order valence-corrected chi connectivity index (χ1v) is 8.31. The van der Waals surface area contributed by atoms with Gasteiger partial charge in [-0.15, -0.1) is 0 Å². The Morgan fingerprint density at radius 3 is 2.88 bits per heavy atom. The van der Waals surface area contributed by atoms with Gasteiger partial charge in [-0.2, -0.15) is 5.10 Å². The number of anilines is 3. The molecule has 0 saturated heterocycles. The van der Waals surface area contributed by atoms with Crippen molar-refractivity contribution in [2.75, 3.05) is 17.3 Å². The summed E-state index contributed by atoms with van der Waals surface area (Å²) in [5, 5.41) is 7.42. The Kier molecular flexibility index (Phi) is 2.72. The van der Waals surface area contributed by atoms with Gasteiger partial charge in [0.25, 0.3) is 0 Å². The average Bonchev–Trinajstić information content (AvgIpc) is 3.08. The highest BCUT2D eigenvalue weighted by atomic mass is 16.2. The highest BCUT2D eigenvalue weighted by Gasteiger charge is 2.55. The van der Waals surface area contributed by atoms with Crippen LogP contribution in [0.25, 0.3) is 5.65 Å². The van der Waals surface area contributed by atoms with Gasteiger partial charge in [0.15, 0.2) is 5.65 Å². The summed E-state index contributed by atoms with van der Waals surface area (Å²) in [7, 11) is 1.80. The summed E-state index contributed by atoms with van der Waals surface area (Å²) in [6, 6.07) is 1.95. The van der Waals surface area contributed by atoms with Crippen LogP contribution in [-0.2, 0) is 10.2 Å². The Bertz CT molecular complexity index is 1020. The van der Waals surface area contributed by atoms with Crippen molar-refractivity contribution in [3.63, 3.8) is 0 Å². The van der Waals surface area contributed by atoms with Gasteiger partial charge in [0.2, 0.25) is 11.9 Å². The van der Waals surface area contributed by atoms with Crippen molar-refractivity contribution in [3.05, 3.63) is 36.0 Å². The monoisotopic (exact) mass is 335 g/mol. The predicted octanol–water partition coefficient (Wildman–Crippen LogP) is 1.97. The van der Waals surface area contributed by atoms with Gasteiger partial charge in [-0.05, 0) is 31.4 Å². The molecule has 0 atom stereocenters. The molecule has 1 fully saturated rings. The molecule has 0 bridgehead atoms. The second-order valence-corrected chi connectivity index (χ2v) is 6.79. The van der Waals surface area contributed by atoms with E-state index in [2.05, 4.69) is 20.4 Å². The summed E-state index contributed by atoms with van der Waals surface area (Å²) in [6.45, 7) is 2.00. The number of nitrogens with zero attached hydrogens (tertiary/aromatic N) is 6. The maximum absolute atomic E-state index is 12.6. The van der Waals surface area contributed by atoms with Gasteiger partial charge in [0.1, 0.15) is 6.33 Å². The van der Waals surface area contributed by atoms with E-state index in [1.54, 1.807) is 22.7 Å². The topological polar surface area (TPSA) is 88.3 Å². The summed E-state index contributed by atoms with van der Waals surface area (Å²) < 4.78 is 1.70. The fraction of sp³-hybridized carbons (Fsp3) is 0.353. The van der Waals surface area contributed by atoms with Crippen molar-refractivity contribution < 1.29 is 4.79 Å². The third kappa shape index (κ3) is 1.84. The Morgan fingerprint density at radius 2 is 2.12 bits per heavy atom. The molecule has 0 radical (unpaired) electrons. The van der Waals surface area contributed by atoms with Crippen LogP contribution in [-0.4, -0.2) is 37.5 Å².